The van der Waals surface area contributed by atoms with Crippen LogP contribution in [-0.4, -0.2) is 38.2 Å². The van der Waals surface area contributed by atoms with E-state index >= 15 is 0 Å². The van der Waals surface area contributed by atoms with Gasteiger partial charge in [-0.3, -0.25) is 4.79 Å². The van der Waals surface area contributed by atoms with Gasteiger partial charge in [0.25, 0.3) is 5.91 Å². The van der Waals surface area contributed by atoms with Crippen LogP contribution >= 0.6 is 0 Å². The molecule has 0 bridgehead atoms. The van der Waals surface area contributed by atoms with Crippen molar-refractivity contribution in [2.24, 2.45) is 11.8 Å². The number of rotatable bonds is 6. The van der Waals surface area contributed by atoms with Gasteiger partial charge in [-0.2, -0.15) is 0 Å². The molecule has 0 unspecified atom stereocenters. The Hall–Kier alpha value is -2.24. The highest BCUT2D eigenvalue weighted by Gasteiger charge is 2.31. The van der Waals surface area contributed by atoms with Gasteiger partial charge >= 0.3 is 5.97 Å². The van der Waals surface area contributed by atoms with Gasteiger partial charge in [0.2, 0.25) is 0 Å². The van der Waals surface area contributed by atoms with E-state index in [0.717, 1.165) is 12.8 Å². The largest absolute Gasteiger partial charge is 0.496 e. The van der Waals surface area contributed by atoms with Crippen LogP contribution in [0.2, 0.25) is 0 Å². The molecule has 2 rings (SSSR count). The topological polar surface area (TPSA) is 73.9 Å². The molecular weight excluding hydrogens is 334 g/mol. The lowest BCUT2D eigenvalue weighted by atomic mass is 9.78. The van der Waals surface area contributed by atoms with E-state index in [2.05, 4.69) is 19.2 Å². The molecule has 1 aromatic carbocycles. The maximum absolute atomic E-state index is 12.6. The third-order valence-corrected chi connectivity index (χ3v) is 5.32. The Morgan fingerprint density at radius 2 is 1.73 bits per heavy atom. The summed E-state index contributed by atoms with van der Waals surface area (Å²) in [6.07, 6.45) is 2.34. The molecule has 0 aliphatic heterocycles. The maximum Gasteiger partial charge on any atom is 0.346 e. The van der Waals surface area contributed by atoms with E-state index in [1.54, 1.807) is 25.1 Å². The van der Waals surface area contributed by atoms with Crippen LogP contribution in [0.4, 0.5) is 0 Å². The van der Waals surface area contributed by atoms with Crippen LogP contribution in [0.3, 0.4) is 0 Å². The van der Waals surface area contributed by atoms with E-state index in [0.29, 0.717) is 23.3 Å². The maximum atomic E-state index is 12.6. The van der Waals surface area contributed by atoms with Gasteiger partial charge in [-0.05, 0) is 37.3 Å². The zero-order valence-electron chi connectivity index (χ0n) is 16.2. The Kier molecular flexibility index (Phi) is 6.89. The Morgan fingerprint density at radius 3 is 2.31 bits per heavy atom. The van der Waals surface area contributed by atoms with Gasteiger partial charge < -0.3 is 19.5 Å². The van der Waals surface area contributed by atoms with Gasteiger partial charge in [0.1, 0.15) is 17.1 Å². The Balaban J connectivity index is 2.04. The summed E-state index contributed by atoms with van der Waals surface area (Å²) >= 11 is 0. The smallest absolute Gasteiger partial charge is 0.346 e. The van der Waals surface area contributed by atoms with Gasteiger partial charge in [-0.1, -0.05) is 32.8 Å². The Morgan fingerprint density at radius 1 is 1.12 bits per heavy atom. The predicted octanol–water partition coefficient (Wildman–Crippen LogP) is 3.19. The van der Waals surface area contributed by atoms with Crippen molar-refractivity contribution in [1.29, 1.82) is 0 Å². The van der Waals surface area contributed by atoms with E-state index in [1.807, 2.05) is 0 Å². The van der Waals surface area contributed by atoms with Crippen molar-refractivity contribution in [2.75, 3.05) is 14.2 Å². The summed E-state index contributed by atoms with van der Waals surface area (Å²) in [5, 5.41) is 3.03. The lowest BCUT2D eigenvalue weighted by molar-refractivity contribution is -0.130. The lowest BCUT2D eigenvalue weighted by Gasteiger charge is -2.35. The Labute approximate surface area is 155 Å². The molecule has 0 heterocycles. The number of carbonyl (C=O) groups excluding carboxylic acids is 2. The number of nitrogens with one attached hydrogen (secondary N) is 1. The van der Waals surface area contributed by atoms with Gasteiger partial charge in [0.05, 0.1) is 14.2 Å². The SMILES string of the molecule is COc1cccc(OC)c1C(=O)O[C@H](C)C(=O)N[C@H]1CCC[C@H](C)[C@H]1C. The number of methoxy groups -OCH3 is 2. The molecule has 1 aliphatic rings. The summed E-state index contributed by atoms with van der Waals surface area (Å²) in [6.45, 7) is 5.94. The molecule has 0 saturated heterocycles. The van der Waals surface area contributed by atoms with Crippen molar-refractivity contribution < 1.29 is 23.8 Å². The predicted molar refractivity (Wildman–Crippen MR) is 98.5 cm³/mol. The van der Waals surface area contributed by atoms with Gasteiger partial charge in [0.15, 0.2) is 6.10 Å². The van der Waals surface area contributed by atoms with Crippen molar-refractivity contribution in [3.63, 3.8) is 0 Å². The third kappa shape index (κ3) is 4.48. The van der Waals surface area contributed by atoms with E-state index in [4.69, 9.17) is 14.2 Å². The molecule has 1 aromatic rings. The van der Waals surface area contributed by atoms with Crippen LogP contribution in [0.25, 0.3) is 0 Å². The second kappa shape index (κ2) is 8.92. The minimum absolute atomic E-state index is 0.119. The fourth-order valence-corrected chi connectivity index (χ4v) is 3.41. The molecule has 1 fully saturated rings. The van der Waals surface area contributed by atoms with E-state index in [-0.39, 0.29) is 17.5 Å². The van der Waals surface area contributed by atoms with Crippen molar-refractivity contribution in [3.05, 3.63) is 23.8 Å². The first-order valence-corrected chi connectivity index (χ1v) is 9.11. The molecule has 1 saturated carbocycles. The summed E-state index contributed by atoms with van der Waals surface area (Å²) in [5.41, 5.74) is 0.178. The van der Waals surface area contributed by atoms with Crippen molar-refractivity contribution in [2.45, 2.75) is 52.2 Å². The number of hydrogen-bond donors (Lipinski definition) is 1. The first kappa shape index (κ1) is 20.1. The van der Waals surface area contributed by atoms with Crippen molar-refractivity contribution >= 4 is 11.9 Å². The zero-order valence-corrected chi connectivity index (χ0v) is 16.2. The first-order valence-electron chi connectivity index (χ1n) is 9.11. The molecule has 0 aromatic heterocycles. The third-order valence-electron chi connectivity index (χ3n) is 5.32. The number of amides is 1. The summed E-state index contributed by atoms with van der Waals surface area (Å²) in [5.74, 6) is 0.744. The van der Waals surface area contributed by atoms with E-state index < -0.39 is 12.1 Å². The average molecular weight is 363 g/mol. The molecule has 144 valence electrons. The van der Waals surface area contributed by atoms with Gasteiger partial charge in [-0.25, -0.2) is 4.79 Å². The molecule has 4 atom stereocenters. The second-order valence-corrected chi connectivity index (χ2v) is 6.97. The van der Waals surface area contributed by atoms with E-state index in [9.17, 15) is 9.59 Å². The van der Waals surface area contributed by atoms with Gasteiger partial charge in [-0.15, -0.1) is 0 Å². The number of hydrogen-bond acceptors (Lipinski definition) is 5. The highest BCUT2D eigenvalue weighted by Crippen LogP contribution is 2.30. The van der Waals surface area contributed by atoms with Crippen LogP contribution < -0.4 is 14.8 Å². The monoisotopic (exact) mass is 363 g/mol. The second-order valence-electron chi connectivity index (χ2n) is 6.97. The van der Waals surface area contributed by atoms with E-state index in [1.165, 1.54) is 20.6 Å². The fraction of sp³-hybridized carbons (Fsp3) is 0.600. The average Bonchev–Trinajstić information content (AvgIpc) is 2.64. The first-order chi connectivity index (χ1) is 12.4. The lowest BCUT2D eigenvalue weighted by Crippen LogP contribution is -2.47. The Bertz CT molecular complexity index is 623. The normalized spacial score (nSPS) is 23.7. The standard InChI is InChI=1S/C20H29NO5/c1-12-8-6-9-15(13(12)2)21-19(22)14(3)26-20(23)18-16(24-4)10-7-11-17(18)25-5/h7,10-15H,6,8-9H2,1-5H3,(H,21,22)/t12-,13+,14+,15-/m0/s1. The molecule has 6 heteroatoms. The zero-order chi connectivity index (χ0) is 19.3. The molecule has 6 nitrogen and oxygen atoms in total. The van der Waals surface area contributed by atoms with Crippen molar-refractivity contribution in [1.82, 2.24) is 5.32 Å². The fourth-order valence-electron chi connectivity index (χ4n) is 3.41. The number of esters is 1. The summed E-state index contributed by atoms with van der Waals surface area (Å²) in [7, 11) is 2.93. The summed E-state index contributed by atoms with van der Waals surface area (Å²) < 4.78 is 15.8. The summed E-state index contributed by atoms with van der Waals surface area (Å²) in [4.78, 5) is 25.1. The van der Waals surface area contributed by atoms with Crippen LogP contribution in [0.1, 0.15) is 50.4 Å². The van der Waals surface area contributed by atoms with Crippen LogP contribution in [-0.2, 0) is 9.53 Å². The quantitative estimate of drug-likeness (QED) is 0.786. The minimum atomic E-state index is -0.901. The molecular formula is C20H29NO5. The molecule has 26 heavy (non-hydrogen) atoms. The van der Waals surface area contributed by atoms with Crippen molar-refractivity contribution in [3.8, 4) is 11.5 Å². The molecule has 1 aliphatic carbocycles. The molecule has 1 amide bonds. The molecule has 0 radical (unpaired) electrons. The highest BCUT2D eigenvalue weighted by atomic mass is 16.6. The van der Waals surface area contributed by atoms with Crippen LogP contribution in [0.5, 0.6) is 11.5 Å². The highest BCUT2D eigenvalue weighted by molar-refractivity contribution is 5.97. The minimum Gasteiger partial charge on any atom is -0.496 e. The summed E-state index contributed by atoms with van der Waals surface area (Å²) in [6, 6.07) is 5.13. The van der Waals surface area contributed by atoms with Gasteiger partial charge in [0, 0.05) is 6.04 Å². The number of carbonyl (C=O) groups is 2. The molecule has 0 spiro atoms. The number of ether oxygens (including phenoxy) is 3. The van der Waals surface area contributed by atoms with Crippen LogP contribution in [0, 0.1) is 11.8 Å². The molecule has 1 N–H and O–H groups in total. The number of benzene rings is 1. The van der Waals surface area contributed by atoms with Crippen LogP contribution in [0.15, 0.2) is 18.2 Å².